The number of piperidine rings is 1. The smallest absolute Gasteiger partial charge is 0.420 e. The van der Waals surface area contributed by atoms with Gasteiger partial charge in [0.2, 0.25) is 0 Å². The Kier molecular flexibility index (Phi) is 8.52. The van der Waals surface area contributed by atoms with Gasteiger partial charge in [0.25, 0.3) is 0 Å². The van der Waals surface area contributed by atoms with E-state index < -0.39 is 17.3 Å². The number of carbonyl (C=O) groups is 2. The molecule has 1 saturated heterocycles. The highest BCUT2D eigenvalue weighted by molar-refractivity contribution is 7.99. The van der Waals surface area contributed by atoms with Gasteiger partial charge < -0.3 is 19.1 Å². The molecule has 0 N–H and O–H groups in total. The lowest BCUT2D eigenvalue weighted by Gasteiger charge is -2.34. The van der Waals surface area contributed by atoms with Crippen molar-refractivity contribution in [2.45, 2.75) is 91.5 Å². The minimum atomic E-state index is -0.688. The zero-order valence-electron chi connectivity index (χ0n) is 25.9. The summed E-state index contributed by atoms with van der Waals surface area (Å²) in [5, 5.41) is 0. The van der Waals surface area contributed by atoms with Crippen LogP contribution in [-0.4, -0.2) is 57.9 Å². The Morgan fingerprint density at radius 3 is 2.36 bits per heavy atom. The third-order valence-electron chi connectivity index (χ3n) is 7.63. The van der Waals surface area contributed by atoms with Crippen LogP contribution >= 0.6 is 11.8 Å². The number of ether oxygens (including phenoxy) is 3. The number of pyridine rings is 1. The standard InChI is InChI=1S/C33H43N3O5S/c1-21-18-24(22-9-14-35(15-10-22)30(37)40-32(2,3)4)19-27-28(21)39-20-26-25(23-11-16-42-17-12-23)8-13-34-29(26)36(27)31(38)41-33(5,6)7/h8,11,13,18-19,22H,9-10,12,14-17,20H2,1-7H3. The van der Waals surface area contributed by atoms with Gasteiger partial charge in [-0.1, -0.05) is 12.1 Å². The lowest BCUT2D eigenvalue weighted by molar-refractivity contribution is 0.0204. The number of allylic oxidation sites excluding steroid dienone is 1. The minimum Gasteiger partial charge on any atom is -0.486 e. The second-order valence-corrected chi connectivity index (χ2v) is 14.4. The topological polar surface area (TPSA) is 81.2 Å². The first-order chi connectivity index (χ1) is 19.8. The predicted molar refractivity (Wildman–Crippen MR) is 168 cm³/mol. The molecule has 0 unspecified atom stereocenters. The average Bonchev–Trinajstić information content (AvgIpc) is 3.09. The zero-order chi connectivity index (χ0) is 30.2. The van der Waals surface area contributed by atoms with E-state index in [1.165, 1.54) is 5.57 Å². The van der Waals surface area contributed by atoms with Gasteiger partial charge in [-0.3, -0.25) is 0 Å². The minimum absolute atomic E-state index is 0.222. The van der Waals surface area contributed by atoms with Crippen LogP contribution in [0.5, 0.6) is 5.75 Å². The van der Waals surface area contributed by atoms with Crippen molar-refractivity contribution < 1.29 is 23.8 Å². The number of aromatic nitrogens is 1. The molecule has 0 bridgehead atoms. The normalized spacial score (nSPS) is 17.8. The predicted octanol–water partition coefficient (Wildman–Crippen LogP) is 7.99. The van der Waals surface area contributed by atoms with Crippen LogP contribution < -0.4 is 9.64 Å². The first kappa shape index (κ1) is 30.3. The number of likely N-dealkylation sites (tertiary alicyclic amines) is 1. The molecule has 4 heterocycles. The van der Waals surface area contributed by atoms with Crippen LogP contribution in [0, 0.1) is 6.92 Å². The summed E-state index contributed by atoms with van der Waals surface area (Å²) in [5.41, 5.74) is 4.73. The number of amides is 2. The molecule has 3 aliphatic rings. The Morgan fingerprint density at radius 1 is 1.02 bits per heavy atom. The van der Waals surface area contributed by atoms with Crippen LogP contribution in [-0.2, 0) is 16.1 Å². The molecule has 0 aliphatic carbocycles. The molecule has 1 aromatic heterocycles. The van der Waals surface area contributed by atoms with E-state index in [2.05, 4.69) is 18.2 Å². The molecule has 3 aliphatic heterocycles. The van der Waals surface area contributed by atoms with Gasteiger partial charge in [-0.2, -0.15) is 11.8 Å². The van der Waals surface area contributed by atoms with Gasteiger partial charge in [0.05, 0.1) is 5.69 Å². The van der Waals surface area contributed by atoms with E-state index in [4.69, 9.17) is 19.2 Å². The number of carbonyl (C=O) groups excluding carboxylic acids is 2. The molecule has 0 radical (unpaired) electrons. The summed E-state index contributed by atoms with van der Waals surface area (Å²) in [7, 11) is 0. The van der Waals surface area contributed by atoms with E-state index in [0.717, 1.165) is 53.0 Å². The Balaban J connectivity index is 1.52. The van der Waals surface area contributed by atoms with Crippen LogP contribution in [0.25, 0.3) is 5.57 Å². The van der Waals surface area contributed by atoms with Crippen LogP contribution in [0.1, 0.15) is 89.0 Å². The summed E-state index contributed by atoms with van der Waals surface area (Å²) in [4.78, 5) is 34.7. The summed E-state index contributed by atoms with van der Waals surface area (Å²) in [5.74, 6) is 3.47. The summed E-state index contributed by atoms with van der Waals surface area (Å²) in [6.45, 7) is 14.8. The van der Waals surface area contributed by atoms with Gasteiger partial charge in [0.15, 0.2) is 0 Å². The lowest BCUT2D eigenvalue weighted by atomic mass is 9.88. The monoisotopic (exact) mass is 593 g/mol. The summed E-state index contributed by atoms with van der Waals surface area (Å²) < 4.78 is 18.0. The van der Waals surface area contributed by atoms with Gasteiger partial charge in [0.1, 0.15) is 29.4 Å². The highest BCUT2D eigenvalue weighted by Crippen LogP contribution is 2.46. The number of benzene rings is 1. The fourth-order valence-electron chi connectivity index (χ4n) is 5.73. The first-order valence-electron chi connectivity index (χ1n) is 14.8. The largest absolute Gasteiger partial charge is 0.486 e. The van der Waals surface area contributed by atoms with E-state index >= 15 is 0 Å². The van der Waals surface area contributed by atoms with E-state index in [1.807, 2.05) is 66.3 Å². The number of anilines is 2. The van der Waals surface area contributed by atoms with Crippen LogP contribution in [0.4, 0.5) is 21.1 Å². The molecule has 42 heavy (non-hydrogen) atoms. The van der Waals surface area contributed by atoms with Crippen LogP contribution in [0.2, 0.25) is 0 Å². The fraction of sp³-hybridized carbons (Fsp3) is 0.545. The van der Waals surface area contributed by atoms with Crippen molar-refractivity contribution in [3.8, 4) is 5.75 Å². The quantitative estimate of drug-likeness (QED) is 0.349. The van der Waals surface area contributed by atoms with Crippen molar-refractivity contribution in [3.63, 3.8) is 0 Å². The second kappa shape index (κ2) is 11.8. The molecule has 1 aromatic carbocycles. The van der Waals surface area contributed by atoms with Gasteiger partial charge in [-0.15, -0.1) is 0 Å². The maximum absolute atomic E-state index is 13.9. The molecule has 8 nitrogen and oxygen atoms in total. The Bertz CT molecular complexity index is 1380. The molecule has 1 fully saturated rings. The molecular formula is C33H43N3O5S. The maximum Gasteiger partial charge on any atom is 0.420 e. The van der Waals surface area contributed by atoms with Crippen LogP contribution in [0.15, 0.2) is 30.5 Å². The third kappa shape index (κ3) is 6.72. The molecule has 0 spiro atoms. The van der Waals surface area contributed by atoms with Gasteiger partial charge >= 0.3 is 12.2 Å². The Morgan fingerprint density at radius 2 is 1.71 bits per heavy atom. The second-order valence-electron chi connectivity index (χ2n) is 13.2. The van der Waals surface area contributed by atoms with Gasteiger partial charge in [-0.05, 0) is 114 Å². The number of hydrogen-bond acceptors (Lipinski definition) is 7. The van der Waals surface area contributed by atoms with Crippen molar-refractivity contribution in [1.82, 2.24) is 9.88 Å². The SMILES string of the molecule is Cc1cc(C2CCN(C(=O)OC(C)(C)C)CC2)cc2c1OCc1c(C3=CCSCC3)ccnc1N2C(=O)OC(C)(C)C. The summed E-state index contributed by atoms with van der Waals surface area (Å²) in [6.07, 6.45) is 5.87. The molecule has 9 heteroatoms. The number of rotatable bonds is 2. The molecule has 2 aromatic rings. The van der Waals surface area contributed by atoms with E-state index in [1.54, 1.807) is 16.0 Å². The zero-order valence-corrected chi connectivity index (χ0v) is 26.7. The highest BCUT2D eigenvalue weighted by Gasteiger charge is 2.35. The number of hydrogen-bond donors (Lipinski definition) is 0. The number of aryl methyl sites for hydroxylation is 1. The van der Waals surface area contributed by atoms with Crippen LogP contribution in [0.3, 0.4) is 0 Å². The number of fused-ring (bicyclic) bond motifs is 2. The fourth-order valence-corrected chi connectivity index (χ4v) is 6.58. The Labute approximate surface area is 253 Å². The first-order valence-corrected chi connectivity index (χ1v) is 16.0. The molecule has 0 atom stereocenters. The molecular weight excluding hydrogens is 550 g/mol. The van der Waals surface area contributed by atoms with Crippen molar-refractivity contribution in [2.75, 3.05) is 29.5 Å². The maximum atomic E-state index is 13.9. The van der Waals surface area contributed by atoms with Crippen molar-refractivity contribution in [2.24, 2.45) is 0 Å². The molecule has 5 rings (SSSR count). The van der Waals surface area contributed by atoms with E-state index in [9.17, 15) is 9.59 Å². The molecule has 2 amide bonds. The number of thioether (sulfide) groups is 1. The van der Waals surface area contributed by atoms with Gasteiger partial charge in [0, 0.05) is 30.6 Å². The highest BCUT2D eigenvalue weighted by atomic mass is 32.2. The van der Waals surface area contributed by atoms with Crippen molar-refractivity contribution >= 4 is 41.0 Å². The molecule has 0 saturated carbocycles. The summed E-state index contributed by atoms with van der Waals surface area (Å²) in [6, 6.07) is 6.25. The Hall–Kier alpha value is -3.20. The van der Waals surface area contributed by atoms with Gasteiger partial charge in [-0.25, -0.2) is 19.5 Å². The van der Waals surface area contributed by atoms with Crippen molar-refractivity contribution in [3.05, 3.63) is 52.7 Å². The third-order valence-corrected chi connectivity index (χ3v) is 8.52. The average molecular weight is 594 g/mol. The number of nitrogens with zero attached hydrogens (tertiary/aromatic N) is 3. The van der Waals surface area contributed by atoms with E-state index in [-0.39, 0.29) is 12.0 Å². The van der Waals surface area contributed by atoms with E-state index in [0.29, 0.717) is 37.0 Å². The summed E-state index contributed by atoms with van der Waals surface area (Å²) >= 11 is 1.92. The molecule has 226 valence electrons. The lowest BCUT2D eigenvalue weighted by Crippen LogP contribution is -2.41. The van der Waals surface area contributed by atoms with Crippen molar-refractivity contribution in [1.29, 1.82) is 0 Å².